The van der Waals surface area contributed by atoms with Crippen LogP contribution in [0.15, 0.2) is 53.7 Å². The van der Waals surface area contributed by atoms with Gasteiger partial charge in [-0.05, 0) is 67.8 Å². The Morgan fingerprint density at radius 2 is 1.50 bits per heavy atom. The van der Waals surface area contributed by atoms with Crippen molar-refractivity contribution >= 4 is 23.2 Å². The molecule has 2 amide bonds. The van der Waals surface area contributed by atoms with Crippen molar-refractivity contribution in [2.75, 3.05) is 30.0 Å². The van der Waals surface area contributed by atoms with Gasteiger partial charge in [0.25, 0.3) is 5.91 Å². The molecule has 0 spiro atoms. The van der Waals surface area contributed by atoms with Crippen LogP contribution in [-0.2, 0) is 17.8 Å². The minimum Gasteiger partial charge on any atom is -0.497 e. The summed E-state index contributed by atoms with van der Waals surface area (Å²) in [6, 6.07) is 14.8. The zero-order valence-electron chi connectivity index (χ0n) is 20.9. The van der Waals surface area contributed by atoms with Gasteiger partial charge in [0.15, 0.2) is 0 Å². The predicted molar refractivity (Wildman–Crippen MR) is 139 cm³/mol. The monoisotopic (exact) mass is 489 g/mol. The SMILES string of the molecule is CC.COc1ccc(-n2nc(CN=O)c3c2C(=O)N(c2ccc(N4CCCCC4=O)cc2)CC3)cc1. The molecule has 2 aromatic carbocycles. The average molecular weight is 490 g/mol. The maximum Gasteiger partial charge on any atom is 0.277 e. The number of carbonyl (C=O) groups excluding carboxylic acids is 2. The Bertz CT molecular complexity index is 1230. The van der Waals surface area contributed by atoms with Crippen molar-refractivity contribution < 1.29 is 14.3 Å². The molecule has 2 aliphatic rings. The molecule has 9 heteroatoms. The number of hydrogen-bond acceptors (Lipinski definition) is 6. The number of rotatable bonds is 6. The summed E-state index contributed by atoms with van der Waals surface area (Å²) >= 11 is 0. The van der Waals surface area contributed by atoms with Crippen LogP contribution in [-0.4, -0.2) is 41.8 Å². The van der Waals surface area contributed by atoms with Crippen LogP contribution in [0.1, 0.15) is 54.9 Å². The number of anilines is 2. The number of nitroso groups, excluding NO2 is 1. The van der Waals surface area contributed by atoms with Gasteiger partial charge >= 0.3 is 0 Å². The topological polar surface area (TPSA) is 97.1 Å². The second kappa shape index (κ2) is 11.2. The van der Waals surface area contributed by atoms with Gasteiger partial charge in [-0.25, -0.2) is 4.68 Å². The number of ether oxygens (including phenoxy) is 1. The van der Waals surface area contributed by atoms with E-state index in [-0.39, 0.29) is 18.4 Å². The van der Waals surface area contributed by atoms with E-state index in [9.17, 15) is 14.5 Å². The Labute approximate surface area is 210 Å². The molecule has 3 heterocycles. The third kappa shape index (κ3) is 4.73. The van der Waals surface area contributed by atoms with Crippen LogP contribution in [0.25, 0.3) is 5.69 Å². The number of methoxy groups -OCH3 is 1. The summed E-state index contributed by atoms with van der Waals surface area (Å²) in [5, 5.41) is 7.57. The maximum atomic E-state index is 13.7. The van der Waals surface area contributed by atoms with Gasteiger partial charge in [0.05, 0.1) is 18.5 Å². The molecule has 0 N–H and O–H groups in total. The zero-order chi connectivity index (χ0) is 25.7. The number of benzene rings is 2. The minimum atomic E-state index is -0.191. The molecule has 5 rings (SSSR count). The van der Waals surface area contributed by atoms with Crippen LogP contribution >= 0.6 is 0 Å². The first-order valence-corrected chi connectivity index (χ1v) is 12.4. The zero-order valence-corrected chi connectivity index (χ0v) is 20.9. The summed E-state index contributed by atoms with van der Waals surface area (Å²) in [6.45, 7) is 5.10. The van der Waals surface area contributed by atoms with Crippen molar-refractivity contribution in [3.63, 3.8) is 0 Å². The van der Waals surface area contributed by atoms with Crippen LogP contribution < -0.4 is 14.5 Å². The van der Waals surface area contributed by atoms with Gasteiger partial charge in [-0.15, -0.1) is 0 Å². The van der Waals surface area contributed by atoms with Gasteiger partial charge in [0.1, 0.15) is 18.0 Å². The molecule has 1 saturated heterocycles. The maximum absolute atomic E-state index is 13.7. The van der Waals surface area contributed by atoms with Crippen LogP contribution in [0.5, 0.6) is 5.75 Å². The molecular formula is C27H31N5O4. The fraction of sp³-hybridized carbons (Fsp3) is 0.370. The molecule has 0 aliphatic carbocycles. The predicted octanol–water partition coefficient (Wildman–Crippen LogP) is 4.89. The standard InChI is InChI=1S/C25H25N5O4.C2H6/c1-34-20-11-9-19(10-12-20)30-24-21(22(27-30)16-26-33)13-15-29(25(24)32)18-7-5-17(6-8-18)28-14-3-2-4-23(28)31;1-2/h5-12H,2-4,13-16H2,1H3;1-2H3. The van der Waals surface area contributed by atoms with Gasteiger partial charge in [-0.2, -0.15) is 10.0 Å². The van der Waals surface area contributed by atoms with E-state index in [0.717, 1.165) is 36.3 Å². The van der Waals surface area contributed by atoms with Crippen molar-refractivity contribution in [2.24, 2.45) is 5.18 Å². The van der Waals surface area contributed by atoms with Crippen molar-refractivity contribution in [3.8, 4) is 11.4 Å². The molecule has 9 nitrogen and oxygen atoms in total. The van der Waals surface area contributed by atoms with Gasteiger partial charge in [0.2, 0.25) is 5.91 Å². The van der Waals surface area contributed by atoms with Gasteiger partial charge in [-0.3, -0.25) is 9.59 Å². The highest BCUT2D eigenvalue weighted by atomic mass is 16.5. The lowest BCUT2D eigenvalue weighted by Crippen LogP contribution is -2.39. The number of carbonyl (C=O) groups is 2. The number of hydrogen-bond donors (Lipinski definition) is 0. The van der Waals surface area contributed by atoms with E-state index in [0.29, 0.717) is 42.2 Å². The van der Waals surface area contributed by atoms with Crippen LogP contribution in [0.4, 0.5) is 11.4 Å². The van der Waals surface area contributed by atoms with E-state index in [4.69, 9.17) is 4.74 Å². The Balaban J connectivity index is 0.00000148. The van der Waals surface area contributed by atoms with Gasteiger partial charge < -0.3 is 14.5 Å². The second-order valence-corrected chi connectivity index (χ2v) is 8.40. The van der Waals surface area contributed by atoms with Crippen molar-refractivity contribution in [1.82, 2.24) is 9.78 Å². The molecule has 0 unspecified atom stereocenters. The summed E-state index contributed by atoms with van der Waals surface area (Å²) in [4.78, 5) is 40.4. The lowest BCUT2D eigenvalue weighted by atomic mass is 10.0. The van der Waals surface area contributed by atoms with Gasteiger partial charge in [0, 0.05) is 36.4 Å². The number of piperidine rings is 1. The Kier molecular flexibility index (Phi) is 7.77. The van der Waals surface area contributed by atoms with Gasteiger partial charge in [-0.1, -0.05) is 19.0 Å². The van der Waals surface area contributed by atoms with E-state index in [1.165, 1.54) is 0 Å². The summed E-state index contributed by atoms with van der Waals surface area (Å²) in [5.74, 6) is 0.640. The average Bonchev–Trinajstić information content (AvgIpc) is 3.30. The molecule has 3 aromatic rings. The third-order valence-electron chi connectivity index (χ3n) is 6.43. The van der Waals surface area contributed by atoms with E-state index in [1.807, 2.05) is 50.2 Å². The lowest BCUT2D eigenvalue weighted by molar-refractivity contribution is -0.119. The van der Waals surface area contributed by atoms with Crippen molar-refractivity contribution in [1.29, 1.82) is 0 Å². The smallest absolute Gasteiger partial charge is 0.277 e. The lowest BCUT2D eigenvalue weighted by Gasteiger charge is -2.29. The molecule has 1 aromatic heterocycles. The van der Waals surface area contributed by atoms with Crippen LogP contribution in [0.3, 0.4) is 0 Å². The number of fused-ring (bicyclic) bond motifs is 1. The molecule has 188 valence electrons. The molecule has 0 atom stereocenters. The van der Waals surface area contributed by atoms with E-state index >= 15 is 0 Å². The first-order valence-electron chi connectivity index (χ1n) is 12.4. The van der Waals surface area contributed by atoms with E-state index in [2.05, 4.69) is 10.3 Å². The van der Waals surface area contributed by atoms with Crippen LogP contribution in [0, 0.1) is 4.91 Å². The van der Waals surface area contributed by atoms with Crippen molar-refractivity contribution in [3.05, 3.63) is 70.4 Å². The summed E-state index contributed by atoms with van der Waals surface area (Å²) < 4.78 is 6.82. The van der Waals surface area contributed by atoms with E-state index < -0.39 is 0 Å². The Morgan fingerprint density at radius 1 is 0.861 bits per heavy atom. The summed E-state index contributed by atoms with van der Waals surface area (Å²) in [7, 11) is 1.59. The van der Waals surface area contributed by atoms with E-state index in [1.54, 1.807) is 33.7 Å². The minimum absolute atomic E-state index is 0.0860. The molecule has 0 saturated carbocycles. The number of nitrogens with zero attached hydrogens (tertiary/aromatic N) is 5. The van der Waals surface area contributed by atoms with Crippen LogP contribution in [0.2, 0.25) is 0 Å². The summed E-state index contributed by atoms with van der Waals surface area (Å²) in [5.41, 5.74) is 4.01. The molecular weight excluding hydrogens is 458 g/mol. The molecule has 1 fully saturated rings. The second-order valence-electron chi connectivity index (χ2n) is 8.40. The largest absolute Gasteiger partial charge is 0.497 e. The molecule has 36 heavy (non-hydrogen) atoms. The molecule has 0 bridgehead atoms. The number of aromatic nitrogens is 2. The molecule has 0 radical (unpaired) electrons. The molecule has 2 aliphatic heterocycles. The third-order valence-corrected chi connectivity index (χ3v) is 6.43. The fourth-order valence-electron chi connectivity index (χ4n) is 4.67. The number of amides is 2. The Morgan fingerprint density at radius 3 is 2.11 bits per heavy atom. The first-order chi connectivity index (χ1) is 17.6. The highest BCUT2D eigenvalue weighted by Gasteiger charge is 2.33. The highest BCUT2D eigenvalue weighted by Crippen LogP contribution is 2.31. The highest BCUT2D eigenvalue weighted by molar-refractivity contribution is 6.07. The van der Waals surface area contributed by atoms with Crippen molar-refractivity contribution in [2.45, 2.75) is 46.1 Å². The fourth-order valence-corrected chi connectivity index (χ4v) is 4.67. The normalized spacial score (nSPS) is 15.2. The summed E-state index contributed by atoms with van der Waals surface area (Å²) in [6.07, 6.45) is 3.06. The Hall–Kier alpha value is -4.01. The quantitative estimate of drug-likeness (QED) is 0.459. The first kappa shape index (κ1) is 25.1.